The summed E-state index contributed by atoms with van der Waals surface area (Å²) in [6.45, 7) is 4.18. The quantitative estimate of drug-likeness (QED) is 0.891. The lowest BCUT2D eigenvalue weighted by atomic mass is 9.80. The van der Waals surface area contributed by atoms with Crippen LogP contribution in [0.2, 0.25) is 0 Å². The molecule has 2 unspecified atom stereocenters. The van der Waals surface area contributed by atoms with Gasteiger partial charge in [-0.05, 0) is 49.0 Å². The fourth-order valence-electron chi connectivity index (χ4n) is 2.41. The van der Waals surface area contributed by atoms with Crippen LogP contribution in [0.1, 0.15) is 18.1 Å². The van der Waals surface area contributed by atoms with Crippen molar-refractivity contribution in [2.75, 3.05) is 13.1 Å². The topological polar surface area (TPSA) is 38.0 Å². The molecule has 1 aliphatic rings. The van der Waals surface area contributed by atoms with Crippen molar-refractivity contribution in [1.29, 1.82) is 0 Å². The number of nitrogens with one attached hydrogen (secondary N) is 1. The van der Waals surface area contributed by atoms with Crippen LogP contribution in [0.25, 0.3) is 0 Å². The maximum atomic E-state index is 6.23. The van der Waals surface area contributed by atoms with Crippen LogP contribution >= 0.6 is 15.9 Å². The largest absolute Gasteiger partial charge is 0.327 e. The van der Waals surface area contributed by atoms with Gasteiger partial charge in [-0.25, -0.2) is 0 Å². The van der Waals surface area contributed by atoms with Gasteiger partial charge in [0.05, 0.1) is 0 Å². The van der Waals surface area contributed by atoms with Crippen molar-refractivity contribution in [2.45, 2.75) is 25.8 Å². The summed E-state index contributed by atoms with van der Waals surface area (Å²) in [5, 5.41) is 3.40. The third kappa shape index (κ3) is 2.47. The molecule has 0 fully saturated rings. The molecule has 88 valence electrons. The molecule has 2 nitrogen and oxygen atoms in total. The molecular formula is C13H19BrN2. The standard InChI is InChI=1S/C13H19BrN2/c1-2-16-8-10-6-11-9(7-13(10)15)4-3-5-12(11)14/h3-5,10,13,16H,2,6-8,15H2,1H3. The van der Waals surface area contributed by atoms with E-state index in [2.05, 4.69) is 46.4 Å². The van der Waals surface area contributed by atoms with Crippen LogP contribution in [0.5, 0.6) is 0 Å². The highest BCUT2D eigenvalue weighted by atomic mass is 79.9. The molecule has 2 atom stereocenters. The van der Waals surface area contributed by atoms with Crippen LogP contribution in [0, 0.1) is 5.92 Å². The second-order valence-corrected chi connectivity index (χ2v) is 5.37. The Labute approximate surface area is 106 Å². The van der Waals surface area contributed by atoms with Gasteiger partial charge in [0, 0.05) is 10.5 Å². The summed E-state index contributed by atoms with van der Waals surface area (Å²) in [5.74, 6) is 0.561. The number of rotatable bonds is 3. The van der Waals surface area contributed by atoms with Crippen molar-refractivity contribution in [3.8, 4) is 0 Å². The molecule has 1 aromatic carbocycles. The van der Waals surface area contributed by atoms with Gasteiger partial charge in [-0.1, -0.05) is 35.0 Å². The highest BCUT2D eigenvalue weighted by molar-refractivity contribution is 9.10. The van der Waals surface area contributed by atoms with Crippen LogP contribution in [0.4, 0.5) is 0 Å². The van der Waals surface area contributed by atoms with Gasteiger partial charge in [0.15, 0.2) is 0 Å². The molecule has 3 heteroatoms. The molecule has 0 radical (unpaired) electrons. The average molecular weight is 283 g/mol. The van der Waals surface area contributed by atoms with E-state index < -0.39 is 0 Å². The number of benzene rings is 1. The van der Waals surface area contributed by atoms with Crippen molar-refractivity contribution in [2.24, 2.45) is 11.7 Å². The second-order valence-electron chi connectivity index (χ2n) is 4.52. The molecule has 1 aliphatic carbocycles. The lowest BCUT2D eigenvalue weighted by Gasteiger charge is -2.31. The SMILES string of the molecule is CCNCC1Cc2c(Br)cccc2CC1N. The number of fused-ring (bicyclic) bond motifs is 1. The molecule has 2 rings (SSSR count). The van der Waals surface area contributed by atoms with Crippen molar-refractivity contribution in [1.82, 2.24) is 5.32 Å². The van der Waals surface area contributed by atoms with Gasteiger partial charge in [-0.3, -0.25) is 0 Å². The molecule has 1 aromatic rings. The average Bonchev–Trinajstić information content (AvgIpc) is 2.27. The third-order valence-electron chi connectivity index (χ3n) is 3.40. The minimum Gasteiger partial charge on any atom is -0.327 e. The van der Waals surface area contributed by atoms with Crippen LogP contribution in [0.3, 0.4) is 0 Å². The number of nitrogens with two attached hydrogens (primary N) is 1. The van der Waals surface area contributed by atoms with Crippen LogP contribution in [-0.2, 0) is 12.8 Å². The zero-order chi connectivity index (χ0) is 11.5. The monoisotopic (exact) mass is 282 g/mol. The van der Waals surface area contributed by atoms with E-state index in [1.54, 1.807) is 0 Å². The molecule has 0 amide bonds. The van der Waals surface area contributed by atoms with Crippen LogP contribution < -0.4 is 11.1 Å². The summed E-state index contributed by atoms with van der Waals surface area (Å²) < 4.78 is 1.23. The molecule has 3 N–H and O–H groups in total. The van der Waals surface area contributed by atoms with Gasteiger partial charge in [-0.2, -0.15) is 0 Å². The number of hydrogen-bond acceptors (Lipinski definition) is 2. The zero-order valence-electron chi connectivity index (χ0n) is 9.67. The smallest absolute Gasteiger partial charge is 0.0210 e. The highest BCUT2D eigenvalue weighted by Crippen LogP contribution is 2.30. The van der Waals surface area contributed by atoms with E-state index in [0.29, 0.717) is 12.0 Å². The van der Waals surface area contributed by atoms with Gasteiger partial charge in [0.25, 0.3) is 0 Å². The third-order valence-corrected chi connectivity index (χ3v) is 4.14. The van der Waals surface area contributed by atoms with Gasteiger partial charge in [0.1, 0.15) is 0 Å². The molecule has 0 aliphatic heterocycles. The minimum atomic E-state index is 0.292. The Balaban J connectivity index is 2.16. The molecule has 0 aromatic heterocycles. The summed E-state index contributed by atoms with van der Waals surface area (Å²) in [6.07, 6.45) is 2.09. The lowest BCUT2D eigenvalue weighted by molar-refractivity contribution is 0.373. The van der Waals surface area contributed by atoms with E-state index in [1.807, 2.05) is 0 Å². The van der Waals surface area contributed by atoms with Crippen LogP contribution in [-0.4, -0.2) is 19.1 Å². The van der Waals surface area contributed by atoms with Crippen molar-refractivity contribution in [3.05, 3.63) is 33.8 Å². The fraction of sp³-hybridized carbons (Fsp3) is 0.538. The maximum Gasteiger partial charge on any atom is 0.0210 e. The van der Waals surface area contributed by atoms with E-state index in [1.165, 1.54) is 15.6 Å². The molecule has 0 saturated carbocycles. The normalized spacial score (nSPS) is 24.2. The predicted molar refractivity (Wildman–Crippen MR) is 71.6 cm³/mol. The van der Waals surface area contributed by atoms with E-state index in [0.717, 1.165) is 25.9 Å². The fourth-order valence-corrected chi connectivity index (χ4v) is 2.98. The summed E-state index contributed by atoms with van der Waals surface area (Å²) in [6, 6.07) is 6.71. The maximum absolute atomic E-state index is 6.23. The van der Waals surface area contributed by atoms with Crippen LogP contribution in [0.15, 0.2) is 22.7 Å². The Kier molecular flexibility index (Phi) is 4.00. The molecule has 0 saturated heterocycles. The number of hydrogen-bond donors (Lipinski definition) is 2. The molecule has 0 heterocycles. The molecule has 0 spiro atoms. The summed E-state index contributed by atoms with van der Waals surface area (Å²) >= 11 is 3.64. The Morgan fingerprint density at radius 1 is 1.44 bits per heavy atom. The Morgan fingerprint density at radius 3 is 3.00 bits per heavy atom. The second kappa shape index (κ2) is 5.30. The van der Waals surface area contributed by atoms with Crippen molar-refractivity contribution >= 4 is 15.9 Å². The van der Waals surface area contributed by atoms with E-state index in [-0.39, 0.29) is 0 Å². The Bertz CT molecular complexity index is 365. The number of halogens is 1. The summed E-state index contributed by atoms with van der Waals surface area (Å²) in [5.41, 5.74) is 9.09. The first-order valence-electron chi connectivity index (χ1n) is 5.95. The predicted octanol–water partition coefficient (Wildman–Crippen LogP) is 2.10. The minimum absolute atomic E-state index is 0.292. The first-order chi connectivity index (χ1) is 7.72. The summed E-state index contributed by atoms with van der Waals surface area (Å²) in [4.78, 5) is 0. The van der Waals surface area contributed by atoms with Crippen molar-refractivity contribution < 1.29 is 0 Å². The van der Waals surface area contributed by atoms with Gasteiger partial charge in [-0.15, -0.1) is 0 Å². The van der Waals surface area contributed by atoms with E-state index in [4.69, 9.17) is 5.73 Å². The van der Waals surface area contributed by atoms with Crippen molar-refractivity contribution in [3.63, 3.8) is 0 Å². The van der Waals surface area contributed by atoms with E-state index >= 15 is 0 Å². The lowest BCUT2D eigenvalue weighted by Crippen LogP contribution is -2.42. The Hall–Kier alpha value is -0.380. The molecule has 0 bridgehead atoms. The highest BCUT2D eigenvalue weighted by Gasteiger charge is 2.26. The van der Waals surface area contributed by atoms with Gasteiger partial charge >= 0.3 is 0 Å². The van der Waals surface area contributed by atoms with Gasteiger partial charge < -0.3 is 11.1 Å². The Morgan fingerprint density at radius 2 is 2.25 bits per heavy atom. The summed E-state index contributed by atoms with van der Waals surface area (Å²) in [7, 11) is 0. The zero-order valence-corrected chi connectivity index (χ0v) is 11.3. The first-order valence-corrected chi connectivity index (χ1v) is 6.74. The molecular weight excluding hydrogens is 264 g/mol. The first kappa shape index (κ1) is 12.1. The van der Waals surface area contributed by atoms with E-state index in [9.17, 15) is 0 Å². The molecule has 16 heavy (non-hydrogen) atoms. The van der Waals surface area contributed by atoms with Gasteiger partial charge in [0.2, 0.25) is 0 Å².